The third-order valence-corrected chi connectivity index (χ3v) is 1.48. The van der Waals surface area contributed by atoms with E-state index in [-0.39, 0.29) is 77.0 Å². The zero-order valence-corrected chi connectivity index (χ0v) is 8.27. The predicted molar refractivity (Wildman–Crippen MR) is 70.9 cm³/mol. The Kier molecular flexibility index (Phi) is 13.2. The Balaban J connectivity index is 0. The van der Waals surface area contributed by atoms with Crippen LogP contribution in [0.5, 0.6) is 6.01 Å². The number of rotatable bonds is 6. The zero-order valence-electron chi connectivity index (χ0n) is 8.27. The molecule has 0 spiro atoms. The van der Waals surface area contributed by atoms with Crippen molar-refractivity contribution in [1.82, 2.24) is 15.0 Å². The van der Waals surface area contributed by atoms with Crippen LogP contribution in [0.25, 0.3) is 0 Å². The van der Waals surface area contributed by atoms with Crippen LogP contribution in [0.3, 0.4) is 0 Å². The summed E-state index contributed by atoms with van der Waals surface area (Å²) in [6.45, 7) is 1.97. The van der Waals surface area contributed by atoms with Gasteiger partial charge in [0.15, 0.2) is 0 Å². The van der Waals surface area contributed by atoms with E-state index in [0.717, 1.165) is 0 Å². The molecule has 0 aliphatic heterocycles. The average Bonchev–Trinajstić information content (AvgIpc) is 2.23. The first-order valence-electron chi connectivity index (χ1n) is 4.59. The van der Waals surface area contributed by atoms with Crippen LogP contribution in [0.4, 0.5) is 11.9 Å². The van der Waals surface area contributed by atoms with Crippen molar-refractivity contribution in [1.29, 1.82) is 0 Å². The van der Waals surface area contributed by atoms with E-state index in [9.17, 15) is 5.11 Å². The normalized spacial score (nSPS) is 8.82. The van der Waals surface area contributed by atoms with Crippen LogP contribution in [-0.2, 0) is 0 Å². The van der Waals surface area contributed by atoms with Crippen LogP contribution in [0.15, 0.2) is 0 Å². The Labute approximate surface area is 144 Å². The number of aromatic nitrogens is 3. The summed E-state index contributed by atoms with van der Waals surface area (Å²) in [4.78, 5) is 11.3. The van der Waals surface area contributed by atoms with Crippen molar-refractivity contribution in [2.45, 2.75) is 0 Å². The molecule has 0 saturated carbocycles. The number of nitrogens with two attached hydrogens (primary N) is 2. The minimum absolute atomic E-state index is 0. The average molecular weight is 261 g/mol. The van der Waals surface area contributed by atoms with Crippen LogP contribution < -0.4 is 22.1 Å². The number of nitrogens with one attached hydrogen (secondary N) is 2. The number of anilines is 2. The summed E-state index contributed by atoms with van der Waals surface area (Å²) >= 11 is 0. The van der Waals surface area contributed by atoms with Crippen molar-refractivity contribution in [2.75, 3.05) is 36.8 Å². The van der Waals surface area contributed by atoms with Crippen LogP contribution >= 0.6 is 0 Å². The zero-order chi connectivity index (χ0) is 11.1. The van der Waals surface area contributed by atoms with E-state index in [1.54, 1.807) is 0 Å². The quantitative estimate of drug-likeness (QED) is 0.342. The second kappa shape index (κ2) is 11.4. The molecule has 0 saturated heterocycles. The monoisotopic (exact) mass is 261 g/mol. The number of hydrogen-bond donors (Lipinski definition) is 5. The molecular weight excluding hydrogens is 244 g/mol. The van der Waals surface area contributed by atoms with Gasteiger partial charge in [0, 0.05) is 26.2 Å². The van der Waals surface area contributed by atoms with Gasteiger partial charge in [-0.2, -0.15) is 15.0 Å². The fourth-order valence-electron chi connectivity index (χ4n) is 0.891. The summed E-state index contributed by atoms with van der Waals surface area (Å²) in [5.41, 5.74) is 10.6. The Morgan fingerprint density at radius 3 is 1.65 bits per heavy atom. The van der Waals surface area contributed by atoms with E-state index in [0.29, 0.717) is 26.2 Å². The van der Waals surface area contributed by atoms with Crippen LogP contribution in [-0.4, -0.2) is 105 Å². The molecule has 0 aliphatic carbocycles. The summed E-state index contributed by atoms with van der Waals surface area (Å²) in [7, 11) is 0. The summed E-state index contributed by atoms with van der Waals surface area (Å²) in [5.74, 6) is 0.569. The third kappa shape index (κ3) is 8.11. The number of hydrogen-bond acceptors (Lipinski definition) is 8. The van der Waals surface area contributed by atoms with E-state index >= 15 is 0 Å². The molecule has 7 N–H and O–H groups in total. The van der Waals surface area contributed by atoms with Gasteiger partial charge in [0.25, 0.3) is 0 Å². The minimum atomic E-state index is -0.343. The number of nitrogens with zero attached hydrogens (tertiary/aromatic N) is 3. The molecule has 0 atom stereocenters. The van der Waals surface area contributed by atoms with E-state index < -0.39 is 0 Å². The molecular formula is C7H17N7Na2O. The Morgan fingerprint density at radius 2 is 1.29 bits per heavy atom. The second-order valence-electron chi connectivity index (χ2n) is 2.71. The molecule has 0 fully saturated rings. The van der Waals surface area contributed by atoms with Gasteiger partial charge in [-0.3, -0.25) is 0 Å². The van der Waals surface area contributed by atoms with Crippen LogP contribution in [0.1, 0.15) is 0 Å². The topological polar surface area (TPSA) is 135 Å². The standard InChI is InChI=1S/C7H15N7O.2Na.2H/c8-1-3-10-5-12-6(11-4-2-9)14-7(15)13-5;;;;/h1-4,8-9H2,(H3,10,11,12,13,14,15);;;;. The van der Waals surface area contributed by atoms with Gasteiger partial charge in [-0.05, 0) is 0 Å². The molecule has 1 aromatic rings. The molecule has 0 unspecified atom stereocenters. The molecule has 1 aromatic heterocycles. The van der Waals surface area contributed by atoms with Crippen molar-refractivity contribution in [3.63, 3.8) is 0 Å². The van der Waals surface area contributed by atoms with Crippen molar-refractivity contribution >= 4 is 71.0 Å². The first-order chi connectivity index (χ1) is 7.26. The van der Waals surface area contributed by atoms with Gasteiger partial charge in [0.2, 0.25) is 11.9 Å². The Bertz CT molecular complexity index is 288. The van der Waals surface area contributed by atoms with Gasteiger partial charge in [-0.15, -0.1) is 0 Å². The van der Waals surface area contributed by atoms with E-state index in [4.69, 9.17) is 11.5 Å². The van der Waals surface area contributed by atoms with Gasteiger partial charge in [-0.25, -0.2) is 0 Å². The third-order valence-electron chi connectivity index (χ3n) is 1.48. The molecule has 10 heteroatoms. The molecule has 1 rings (SSSR count). The molecule has 1 heterocycles. The fourth-order valence-corrected chi connectivity index (χ4v) is 0.891. The van der Waals surface area contributed by atoms with Crippen molar-refractivity contribution in [2.24, 2.45) is 11.5 Å². The fraction of sp³-hybridized carbons (Fsp3) is 0.571. The summed E-state index contributed by atoms with van der Waals surface area (Å²) in [6, 6.07) is -0.343. The maximum absolute atomic E-state index is 9.19. The molecule has 0 amide bonds. The summed E-state index contributed by atoms with van der Waals surface area (Å²) in [5, 5.41) is 14.9. The molecule has 0 radical (unpaired) electrons. The predicted octanol–water partition coefficient (Wildman–Crippen LogP) is -2.98. The van der Waals surface area contributed by atoms with Gasteiger partial charge in [0.05, 0.1) is 0 Å². The Morgan fingerprint density at radius 1 is 0.882 bits per heavy atom. The van der Waals surface area contributed by atoms with Crippen molar-refractivity contribution < 1.29 is 5.11 Å². The molecule has 17 heavy (non-hydrogen) atoms. The van der Waals surface area contributed by atoms with Crippen molar-refractivity contribution in [3.8, 4) is 6.01 Å². The van der Waals surface area contributed by atoms with Gasteiger partial charge >= 0.3 is 65.1 Å². The second-order valence-corrected chi connectivity index (χ2v) is 2.71. The van der Waals surface area contributed by atoms with E-state index in [1.165, 1.54) is 0 Å². The summed E-state index contributed by atoms with van der Waals surface area (Å²) in [6.07, 6.45) is 0. The van der Waals surface area contributed by atoms with Gasteiger partial charge < -0.3 is 27.2 Å². The maximum atomic E-state index is 9.19. The molecule has 88 valence electrons. The molecule has 0 aliphatic rings. The van der Waals surface area contributed by atoms with Gasteiger partial charge in [0.1, 0.15) is 0 Å². The van der Waals surface area contributed by atoms with Crippen LogP contribution in [0, 0.1) is 0 Å². The summed E-state index contributed by atoms with van der Waals surface area (Å²) < 4.78 is 0. The Hall–Kier alpha value is 0.330. The van der Waals surface area contributed by atoms with Crippen molar-refractivity contribution in [3.05, 3.63) is 0 Å². The SMILES string of the molecule is NCCNc1nc(O)nc(NCCN)n1.[NaH].[NaH]. The first kappa shape index (κ1) is 19.7. The van der Waals surface area contributed by atoms with Gasteiger partial charge in [-0.1, -0.05) is 0 Å². The molecule has 8 nitrogen and oxygen atoms in total. The number of aromatic hydroxyl groups is 1. The molecule has 0 aromatic carbocycles. The first-order valence-corrected chi connectivity index (χ1v) is 4.59. The van der Waals surface area contributed by atoms with E-state index in [2.05, 4.69) is 25.6 Å². The van der Waals surface area contributed by atoms with E-state index in [1.807, 2.05) is 0 Å². The van der Waals surface area contributed by atoms with Crippen LogP contribution in [0.2, 0.25) is 0 Å². The molecule has 0 bridgehead atoms.